The van der Waals surface area contributed by atoms with E-state index >= 15 is 0 Å². The summed E-state index contributed by atoms with van der Waals surface area (Å²) in [5.74, 6) is 1.60. The number of benzene rings is 1. The topological polar surface area (TPSA) is 35.2 Å². The molecular formula is C18H28BrNO. The highest BCUT2D eigenvalue weighted by Crippen LogP contribution is 2.46. The third-order valence-electron chi connectivity index (χ3n) is 4.87. The van der Waals surface area contributed by atoms with E-state index in [-0.39, 0.29) is 6.04 Å². The summed E-state index contributed by atoms with van der Waals surface area (Å²) in [5, 5.41) is 0. The van der Waals surface area contributed by atoms with Gasteiger partial charge in [0.1, 0.15) is 5.75 Å². The van der Waals surface area contributed by atoms with Crippen LogP contribution in [0, 0.1) is 11.3 Å². The van der Waals surface area contributed by atoms with E-state index in [4.69, 9.17) is 10.5 Å². The zero-order valence-corrected chi connectivity index (χ0v) is 15.1. The molecule has 1 atom stereocenters. The Morgan fingerprint density at radius 3 is 2.48 bits per heavy atom. The molecule has 2 N–H and O–H groups in total. The van der Waals surface area contributed by atoms with Crippen LogP contribution in [0.3, 0.4) is 0 Å². The van der Waals surface area contributed by atoms with E-state index in [1.54, 1.807) is 7.11 Å². The lowest BCUT2D eigenvalue weighted by atomic mass is 9.71. The van der Waals surface area contributed by atoms with Crippen LogP contribution in [0.4, 0.5) is 0 Å². The van der Waals surface area contributed by atoms with E-state index in [1.165, 1.54) is 37.7 Å². The number of rotatable bonds is 6. The first-order chi connectivity index (χ1) is 9.97. The molecule has 0 heterocycles. The molecular weight excluding hydrogens is 326 g/mol. The Morgan fingerprint density at radius 2 is 1.95 bits per heavy atom. The van der Waals surface area contributed by atoms with Gasteiger partial charge in [0, 0.05) is 6.04 Å². The fourth-order valence-electron chi connectivity index (χ4n) is 3.93. The van der Waals surface area contributed by atoms with Gasteiger partial charge in [-0.15, -0.1) is 0 Å². The normalized spacial score (nSPS) is 19.0. The van der Waals surface area contributed by atoms with Crippen LogP contribution in [0.15, 0.2) is 22.7 Å². The van der Waals surface area contributed by atoms with Crippen LogP contribution in [0.2, 0.25) is 0 Å². The molecule has 0 aromatic heterocycles. The van der Waals surface area contributed by atoms with Crippen LogP contribution < -0.4 is 10.5 Å². The van der Waals surface area contributed by atoms with E-state index in [2.05, 4.69) is 41.9 Å². The molecule has 1 aromatic rings. The molecule has 0 spiro atoms. The lowest BCUT2D eigenvalue weighted by Gasteiger charge is -2.37. The third-order valence-corrected chi connectivity index (χ3v) is 5.49. The average molecular weight is 354 g/mol. The van der Waals surface area contributed by atoms with E-state index in [0.29, 0.717) is 5.41 Å². The summed E-state index contributed by atoms with van der Waals surface area (Å²) in [6.07, 6.45) is 7.48. The largest absolute Gasteiger partial charge is 0.496 e. The fraction of sp³-hybridized carbons (Fsp3) is 0.667. The Labute approximate surface area is 137 Å². The maximum absolute atomic E-state index is 6.67. The zero-order chi connectivity index (χ0) is 15.5. The molecule has 1 aliphatic rings. The van der Waals surface area contributed by atoms with Gasteiger partial charge in [0.05, 0.1) is 11.6 Å². The molecule has 1 aromatic carbocycles. The minimum atomic E-state index is 0.252. The molecule has 1 fully saturated rings. The summed E-state index contributed by atoms with van der Waals surface area (Å²) >= 11 is 3.57. The molecule has 0 amide bonds. The second-order valence-electron chi connectivity index (χ2n) is 6.95. The highest BCUT2D eigenvalue weighted by Gasteiger charge is 2.39. The van der Waals surface area contributed by atoms with Crippen molar-refractivity contribution in [2.75, 3.05) is 7.11 Å². The van der Waals surface area contributed by atoms with Crippen molar-refractivity contribution in [1.82, 2.24) is 0 Å². The van der Waals surface area contributed by atoms with Crippen LogP contribution in [-0.4, -0.2) is 13.2 Å². The first-order valence-electron chi connectivity index (χ1n) is 8.05. The molecule has 1 saturated carbocycles. The van der Waals surface area contributed by atoms with Gasteiger partial charge in [-0.1, -0.05) is 32.8 Å². The van der Waals surface area contributed by atoms with Crippen molar-refractivity contribution in [3.8, 4) is 5.75 Å². The van der Waals surface area contributed by atoms with Crippen molar-refractivity contribution in [3.63, 3.8) is 0 Å². The summed E-state index contributed by atoms with van der Waals surface area (Å²) in [5.41, 5.74) is 8.31. The van der Waals surface area contributed by atoms with Crippen molar-refractivity contribution < 1.29 is 4.74 Å². The fourth-order valence-corrected chi connectivity index (χ4v) is 4.51. The number of nitrogens with two attached hydrogens (primary N) is 1. The minimum absolute atomic E-state index is 0.252. The predicted octanol–water partition coefficient (Wildman–Crippen LogP) is 4.93. The molecule has 3 heteroatoms. The van der Waals surface area contributed by atoms with E-state index in [9.17, 15) is 0 Å². The summed E-state index contributed by atoms with van der Waals surface area (Å²) in [7, 11) is 1.70. The van der Waals surface area contributed by atoms with Crippen molar-refractivity contribution >= 4 is 15.9 Å². The maximum atomic E-state index is 6.67. The van der Waals surface area contributed by atoms with E-state index in [0.717, 1.165) is 22.6 Å². The molecule has 0 radical (unpaired) electrons. The van der Waals surface area contributed by atoms with Crippen molar-refractivity contribution in [3.05, 3.63) is 28.2 Å². The first kappa shape index (κ1) is 16.8. The molecule has 1 aliphatic carbocycles. The lowest BCUT2D eigenvalue weighted by Crippen LogP contribution is -2.42. The third kappa shape index (κ3) is 4.01. The van der Waals surface area contributed by atoms with Gasteiger partial charge in [0.25, 0.3) is 0 Å². The highest BCUT2D eigenvalue weighted by molar-refractivity contribution is 9.10. The van der Waals surface area contributed by atoms with Gasteiger partial charge in [0.15, 0.2) is 0 Å². The number of hydrogen-bond donors (Lipinski definition) is 1. The average Bonchev–Trinajstić information content (AvgIpc) is 2.88. The van der Waals surface area contributed by atoms with Crippen molar-refractivity contribution in [2.45, 2.75) is 58.4 Å². The molecule has 1 unspecified atom stereocenters. The number of hydrogen-bond acceptors (Lipinski definition) is 2. The number of halogens is 1. The second kappa shape index (κ2) is 7.15. The number of methoxy groups -OCH3 is 1. The molecule has 0 saturated heterocycles. The van der Waals surface area contributed by atoms with Gasteiger partial charge >= 0.3 is 0 Å². The summed E-state index contributed by atoms with van der Waals surface area (Å²) in [6.45, 7) is 4.63. The summed E-state index contributed by atoms with van der Waals surface area (Å²) < 4.78 is 6.31. The monoisotopic (exact) mass is 353 g/mol. The van der Waals surface area contributed by atoms with Crippen LogP contribution >= 0.6 is 15.9 Å². The maximum Gasteiger partial charge on any atom is 0.133 e. The molecule has 0 aliphatic heterocycles. The van der Waals surface area contributed by atoms with Gasteiger partial charge in [-0.2, -0.15) is 0 Å². The van der Waals surface area contributed by atoms with E-state index < -0.39 is 0 Å². The molecule has 118 valence electrons. The number of ether oxygens (including phenoxy) is 1. The van der Waals surface area contributed by atoms with Gasteiger partial charge < -0.3 is 10.5 Å². The van der Waals surface area contributed by atoms with Gasteiger partial charge in [-0.25, -0.2) is 0 Å². The molecule has 2 rings (SSSR count). The minimum Gasteiger partial charge on any atom is -0.496 e. The highest BCUT2D eigenvalue weighted by atomic mass is 79.9. The van der Waals surface area contributed by atoms with E-state index in [1.807, 2.05) is 6.07 Å². The second-order valence-corrected chi connectivity index (χ2v) is 7.80. The van der Waals surface area contributed by atoms with Crippen molar-refractivity contribution in [1.29, 1.82) is 0 Å². The van der Waals surface area contributed by atoms with Crippen LogP contribution in [0.5, 0.6) is 5.75 Å². The molecule has 0 bridgehead atoms. The van der Waals surface area contributed by atoms with Gasteiger partial charge in [-0.05, 0) is 70.6 Å². The quantitative estimate of drug-likeness (QED) is 0.786. The zero-order valence-electron chi connectivity index (χ0n) is 13.5. The molecule has 21 heavy (non-hydrogen) atoms. The Balaban J connectivity index is 2.11. The van der Waals surface area contributed by atoms with Crippen molar-refractivity contribution in [2.24, 2.45) is 17.1 Å². The summed E-state index contributed by atoms with van der Waals surface area (Å²) in [4.78, 5) is 0. The first-order valence-corrected chi connectivity index (χ1v) is 8.84. The van der Waals surface area contributed by atoms with Gasteiger partial charge in [-0.3, -0.25) is 0 Å². The smallest absolute Gasteiger partial charge is 0.133 e. The van der Waals surface area contributed by atoms with Crippen LogP contribution in [0.1, 0.15) is 51.5 Å². The molecule has 2 nitrogen and oxygen atoms in total. The predicted molar refractivity (Wildman–Crippen MR) is 92.7 cm³/mol. The Hall–Kier alpha value is -0.540. The Kier molecular flexibility index (Phi) is 5.73. The Morgan fingerprint density at radius 1 is 1.29 bits per heavy atom. The lowest BCUT2D eigenvalue weighted by molar-refractivity contribution is 0.181. The standard InChI is InChI=1S/C18H28BrNO/c1-13(2)12-18(8-4-5-9-18)17(20)11-14-6-7-16(21-3)15(19)10-14/h6-7,10,13,17H,4-5,8-9,11-12,20H2,1-3H3. The Bertz CT molecular complexity index is 466. The van der Waals surface area contributed by atoms with Crippen LogP contribution in [0.25, 0.3) is 0 Å². The van der Waals surface area contributed by atoms with Gasteiger partial charge in [0.2, 0.25) is 0 Å². The summed E-state index contributed by atoms with van der Waals surface area (Å²) in [6, 6.07) is 6.57. The SMILES string of the molecule is COc1ccc(CC(N)C2(CC(C)C)CCCC2)cc1Br. The van der Waals surface area contributed by atoms with Crippen LogP contribution in [-0.2, 0) is 6.42 Å².